The number of allylic oxidation sites excluding steroid dienone is 3. The average molecular weight is 882 g/mol. The zero-order valence-electron chi connectivity index (χ0n) is 30.6. The Balaban J connectivity index is 3.13. The molecule has 0 aliphatic rings. The highest BCUT2D eigenvalue weighted by Gasteiger charge is 2.95. The van der Waals surface area contributed by atoms with Gasteiger partial charge in [-0.2, -0.15) is 74.6 Å². The number of amides is 1. The van der Waals surface area contributed by atoms with E-state index in [2.05, 4.69) is 0 Å². The van der Waals surface area contributed by atoms with Crippen LogP contribution in [0.1, 0.15) is 65.5 Å². The maximum absolute atomic E-state index is 14.8. The van der Waals surface area contributed by atoms with Crippen molar-refractivity contribution in [3.63, 3.8) is 0 Å². The van der Waals surface area contributed by atoms with Crippen LogP contribution in [0, 0.1) is 0 Å². The van der Waals surface area contributed by atoms with Crippen LogP contribution in [-0.4, -0.2) is 85.4 Å². The van der Waals surface area contributed by atoms with Crippen molar-refractivity contribution in [1.29, 1.82) is 0 Å². The van der Waals surface area contributed by atoms with Crippen LogP contribution in [-0.2, 0) is 9.22 Å². The number of rotatable bonds is 22. The number of aliphatic hydroxyl groups is 1. The van der Waals surface area contributed by atoms with Crippen molar-refractivity contribution < 1.29 is 98.9 Å². The molecule has 1 rings (SSSR count). The van der Waals surface area contributed by atoms with Crippen molar-refractivity contribution >= 4 is 14.2 Å². The maximum atomic E-state index is 14.8. The number of alkyl halides is 17. The van der Waals surface area contributed by atoms with E-state index in [0.29, 0.717) is 17.6 Å². The first-order chi connectivity index (χ1) is 25.6. The smallest absolute Gasteiger partial charge is 0.460 e. The van der Waals surface area contributed by atoms with E-state index in [-0.39, 0.29) is 18.8 Å². The van der Waals surface area contributed by atoms with Gasteiger partial charge in [0.25, 0.3) is 5.91 Å². The molecule has 1 aromatic carbocycles. The van der Waals surface area contributed by atoms with E-state index in [0.717, 1.165) is 6.08 Å². The number of nitrogens with one attached hydrogen (secondary N) is 1. The molecule has 3 N–H and O–H groups in total. The first-order valence-electron chi connectivity index (χ1n) is 16.6. The summed E-state index contributed by atoms with van der Waals surface area (Å²) in [5.41, 5.74) is 0.683. The van der Waals surface area contributed by atoms with Crippen molar-refractivity contribution in [2.24, 2.45) is 0 Å². The van der Waals surface area contributed by atoms with E-state index in [4.69, 9.17) is 14.4 Å². The predicted molar refractivity (Wildman–Crippen MR) is 171 cm³/mol. The molecule has 0 aromatic heterocycles. The van der Waals surface area contributed by atoms with Gasteiger partial charge < -0.3 is 14.3 Å². The van der Waals surface area contributed by atoms with Gasteiger partial charge in [0.15, 0.2) is 8.32 Å². The van der Waals surface area contributed by atoms with E-state index < -0.39 is 98.1 Å². The van der Waals surface area contributed by atoms with E-state index in [9.17, 15) is 84.5 Å². The molecule has 1 aromatic rings. The lowest BCUT2D eigenvalue weighted by Crippen LogP contribution is -2.74. The number of benzene rings is 1. The van der Waals surface area contributed by atoms with Crippen molar-refractivity contribution in [3.05, 3.63) is 53.6 Å². The number of carbonyl (C=O) groups excluding carboxylic acids is 1. The Morgan fingerprint density at radius 3 is 1.63 bits per heavy atom. The number of carbonyl (C=O) groups is 1. The van der Waals surface area contributed by atoms with Gasteiger partial charge in [0.1, 0.15) is 12.4 Å². The molecular weight excluding hydrogens is 841 g/mol. The third kappa shape index (κ3) is 10.6. The fourth-order valence-corrected chi connectivity index (χ4v) is 9.98. The number of hydrogen-bond acceptors (Lipinski definition) is 5. The highest BCUT2D eigenvalue weighted by atomic mass is 28.4. The van der Waals surface area contributed by atoms with Gasteiger partial charge in [-0.05, 0) is 60.2 Å². The normalized spacial score (nSPS) is 15.5. The SMILES string of the molecule is CC(/C=C/CC[C@@H](O)c1ccc(OCCO[Si](CCC(F)(F)C(F)(F)C(F)(F)C(F)(F)C(F)(F)C(F)(F)C(F)(F)C(F)(F)F)(C(C)C)C(C)C)cc1)=C\C(=O)NO. The molecule has 1 amide bonds. The van der Waals surface area contributed by atoms with Crippen molar-refractivity contribution in [2.75, 3.05) is 13.2 Å². The summed E-state index contributed by atoms with van der Waals surface area (Å²) in [7, 11) is -3.94. The van der Waals surface area contributed by atoms with Crippen LogP contribution in [0.5, 0.6) is 5.75 Å². The lowest BCUT2D eigenvalue weighted by atomic mass is 9.88. The molecule has 0 saturated heterocycles. The van der Waals surface area contributed by atoms with Gasteiger partial charge in [-0.15, -0.1) is 0 Å². The minimum absolute atomic E-state index is 0.170. The quantitative estimate of drug-likeness (QED) is 0.0205. The highest BCUT2D eigenvalue weighted by Crippen LogP contribution is 2.64. The van der Waals surface area contributed by atoms with Crippen LogP contribution >= 0.6 is 0 Å². The van der Waals surface area contributed by atoms with Gasteiger partial charge in [-0.3, -0.25) is 10.0 Å². The predicted octanol–water partition coefficient (Wildman–Crippen LogP) is 11.1. The Labute approximate surface area is 316 Å². The summed E-state index contributed by atoms with van der Waals surface area (Å²) < 4.78 is 245. The van der Waals surface area contributed by atoms with E-state index in [1.54, 1.807) is 19.1 Å². The maximum Gasteiger partial charge on any atom is 0.460 e. The fraction of sp³-hybridized carbons (Fsp3) is 0.667. The molecule has 0 heterocycles. The number of aliphatic hydroxyl groups excluding tert-OH is 1. The largest absolute Gasteiger partial charge is 0.491 e. The minimum atomic E-state index is -8.68. The topological polar surface area (TPSA) is 88.0 Å². The third-order valence-corrected chi connectivity index (χ3v) is 14.7. The van der Waals surface area contributed by atoms with Crippen LogP contribution in [0.25, 0.3) is 0 Å². The highest BCUT2D eigenvalue weighted by molar-refractivity contribution is 6.76. The van der Waals surface area contributed by atoms with Gasteiger partial charge >= 0.3 is 47.6 Å². The number of hydroxylamine groups is 1. The summed E-state index contributed by atoms with van der Waals surface area (Å²) in [6.45, 7) is 6.02. The molecule has 0 spiro atoms. The Bertz CT molecular complexity index is 1520. The molecule has 0 saturated carbocycles. The zero-order chi connectivity index (χ0) is 44.9. The van der Waals surface area contributed by atoms with Crippen molar-refractivity contribution in [1.82, 2.24) is 5.48 Å². The first-order valence-corrected chi connectivity index (χ1v) is 18.9. The Hall–Kier alpha value is -3.12. The molecule has 330 valence electrons. The second kappa shape index (κ2) is 18.4. The van der Waals surface area contributed by atoms with Gasteiger partial charge in [-0.25, -0.2) is 5.48 Å². The Morgan fingerprint density at radius 2 is 1.19 bits per heavy atom. The minimum Gasteiger partial charge on any atom is -0.491 e. The molecule has 57 heavy (non-hydrogen) atoms. The summed E-state index contributed by atoms with van der Waals surface area (Å²) in [4.78, 5) is 11.1. The molecule has 0 aliphatic carbocycles. The summed E-state index contributed by atoms with van der Waals surface area (Å²) in [6, 6.07) is 4.46. The molecule has 0 radical (unpaired) electrons. The van der Waals surface area contributed by atoms with Crippen LogP contribution in [0.3, 0.4) is 0 Å². The molecular formula is C33H40F17NO5Si. The molecule has 1 atom stereocenters. The summed E-state index contributed by atoms with van der Waals surface area (Å²) in [5.74, 6) is -57.3. The van der Waals surface area contributed by atoms with Gasteiger partial charge in [-0.1, -0.05) is 52.0 Å². The van der Waals surface area contributed by atoms with Crippen LogP contribution < -0.4 is 10.2 Å². The molecule has 0 aliphatic heterocycles. The third-order valence-electron chi connectivity index (χ3n) is 9.02. The van der Waals surface area contributed by atoms with Crippen LogP contribution in [0.4, 0.5) is 74.6 Å². The van der Waals surface area contributed by atoms with Crippen LogP contribution in [0.2, 0.25) is 17.1 Å². The average Bonchev–Trinajstić information content (AvgIpc) is 3.08. The van der Waals surface area contributed by atoms with E-state index >= 15 is 0 Å². The second-order valence-corrected chi connectivity index (χ2v) is 18.5. The molecule has 24 heteroatoms. The lowest BCUT2D eigenvalue weighted by Gasteiger charge is -2.44. The van der Waals surface area contributed by atoms with Gasteiger partial charge in [0, 0.05) is 12.5 Å². The van der Waals surface area contributed by atoms with E-state index in [1.165, 1.54) is 57.4 Å². The van der Waals surface area contributed by atoms with Gasteiger partial charge in [0.2, 0.25) is 0 Å². The van der Waals surface area contributed by atoms with E-state index in [1.807, 2.05) is 0 Å². The van der Waals surface area contributed by atoms with Crippen LogP contribution in [0.15, 0.2) is 48.1 Å². The molecule has 6 nitrogen and oxygen atoms in total. The Kier molecular flexibility index (Phi) is 16.8. The zero-order valence-corrected chi connectivity index (χ0v) is 31.6. The Morgan fingerprint density at radius 1 is 0.737 bits per heavy atom. The standard InChI is InChI=1S/C33H40F17NO5Si/c1-19(2)57(20(3)4,56-16-15-55-23-12-10-22(11-13-23)24(52)9-7-6-8-21(5)18-25(53)51-54)17-14-26(34,35)27(36,37)28(38,39)29(40,41)30(42,43)31(44,45)32(46,47)33(48,49)50/h6,8,10-13,18-20,24,52,54H,7,9,14-17H2,1-5H3,(H,51,53)/b8-6+,21-18+/t24-/m1/s1. The second-order valence-electron chi connectivity index (χ2n) is 13.5. The summed E-state index contributed by atoms with van der Waals surface area (Å²) >= 11 is 0. The van der Waals surface area contributed by atoms with Gasteiger partial charge in [0.05, 0.1) is 12.7 Å². The fourth-order valence-electron chi connectivity index (χ4n) is 5.51. The number of hydrogen-bond donors (Lipinski definition) is 3. The molecule has 0 bridgehead atoms. The first kappa shape index (κ1) is 51.9. The van der Waals surface area contributed by atoms with Crippen molar-refractivity contribution in [2.45, 2.75) is 125 Å². The number of halogens is 17. The summed E-state index contributed by atoms with van der Waals surface area (Å²) in [5, 5.41) is 18.9. The molecule has 0 unspecified atom stereocenters. The number of ether oxygens (including phenoxy) is 1. The molecule has 0 fully saturated rings. The van der Waals surface area contributed by atoms with Crippen molar-refractivity contribution in [3.8, 4) is 5.75 Å². The monoisotopic (exact) mass is 881 g/mol. The lowest BCUT2D eigenvalue weighted by molar-refractivity contribution is -0.461. The summed E-state index contributed by atoms with van der Waals surface area (Å²) in [6.07, 6.45) is -6.33.